The third-order valence-electron chi connectivity index (χ3n) is 5.07. The van der Waals surface area contributed by atoms with Crippen LogP contribution in [-0.4, -0.2) is 39.4 Å². The average Bonchev–Trinajstić information content (AvgIpc) is 2.84. The highest BCUT2D eigenvalue weighted by atomic mass is 33.1. The van der Waals surface area contributed by atoms with Gasteiger partial charge in [-0.2, -0.15) is 0 Å². The average molecular weight is 523 g/mol. The number of pyridine rings is 1. The number of hydrazine groups is 1. The van der Waals surface area contributed by atoms with E-state index < -0.39 is 11.0 Å². The third kappa shape index (κ3) is 10.4. The highest BCUT2D eigenvalue weighted by molar-refractivity contribution is 8.76. The van der Waals surface area contributed by atoms with Crippen molar-refractivity contribution in [2.75, 3.05) is 12.4 Å². The lowest BCUT2D eigenvalue weighted by Crippen LogP contribution is -2.44. The zero-order valence-electron chi connectivity index (χ0n) is 19.6. The summed E-state index contributed by atoms with van der Waals surface area (Å²) >= 11 is 0. The van der Waals surface area contributed by atoms with Crippen LogP contribution in [0, 0.1) is 22.0 Å². The van der Waals surface area contributed by atoms with Crippen LogP contribution in [0.4, 0.5) is 10.5 Å². The maximum atomic E-state index is 12.4. The van der Waals surface area contributed by atoms with Gasteiger partial charge >= 0.3 is 11.8 Å². The second-order valence-corrected chi connectivity index (χ2v) is 10.3. The number of nitrogens with one attached hydrogen (secondary N) is 2. The van der Waals surface area contributed by atoms with Crippen LogP contribution in [0.1, 0.15) is 38.7 Å². The number of hydrogen-bond acceptors (Lipinski definition) is 9. The Balaban J connectivity index is 1.67. The number of rotatable bonds is 13. The van der Waals surface area contributed by atoms with Crippen LogP contribution in [0.2, 0.25) is 0 Å². The van der Waals surface area contributed by atoms with E-state index in [1.54, 1.807) is 12.1 Å². The quantitative estimate of drug-likeness (QED) is 0.145. The second kappa shape index (κ2) is 15.1. The smallest absolute Gasteiger partial charge is 0.426 e. The van der Waals surface area contributed by atoms with Gasteiger partial charge in [0.15, 0.2) is 5.03 Å². The topological polar surface area (TPSA) is 144 Å². The Morgan fingerprint density at radius 1 is 1.23 bits per heavy atom. The van der Waals surface area contributed by atoms with Gasteiger partial charge in [-0.15, -0.1) is 0 Å². The molecule has 2 atom stereocenters. The Bertz CT molecular complexity index is 977. The van der Waals surface area contributed by atoms with Crippen molar-refractivity contribution >= 4 is 39.3 Å². The predicted molar refractivity (Wildman–Crippen MR) is 136 cm³/mol. The normalized spacial score (nSPS) is 12.4. The molecule has 2 rings (SSSR count). The van der Waals surface area contributed by atoms with Gasteiger partial charge in [0.05, 0.1) is 4.92 Å². The fourth-order valence-electron chi connectivity index (χ4n) is 3.41. The Labute approximate surface area is 212 Å². The molecule has 3 N–H and O–H groups in total. The minimum absolute atomic E-state index is 0.0563. The van der Waals surface area contributed by atoms with E-state index in [0.29, 0.717) is 18.1 Å². The highest BCUT2D eigenvalue weighted by Gasteiger charge is 2.20. The van der Waals surface area contributed by atoms with Gasteiger partial charge in [-0.1, -0.05) is 49.6 Å². The van der Waals surface area contributed by atoms with Gasteiger partial charge < -0.3 is 9.84 Å². The number of nitro groups is 1. The fraction of sp³-hybridized carbons (Fsp3) is 0.435. The van der Waals surface area contributed by atoms with Gasteiger partial charge in [-0.25, -0.2) is 15.2 Å². The number of phenols is 1. The van der Waals surface area contributed by atoms with E-state index in [9.17, 15) is 24.8 Å². The maximum Gasteiger partial charge on any atom is 0.426 e. The van der Waals surface area contributed by atoms with Crippen LogP contribution < -0.4 is 10.9 Å². The molecule has 1 aromatic heterocycles. The van der Waals surface area contributed by atoms with Gasteiger partial charge in [0.25, 0.3) is 0 Å². The lowest BCUT2D eigenvalue weighted by Gasteiger charge is -2.20. The zero-order valence-corrected chi connectivity index (χ0v) is 21.3. The largest absolute Gasteiger partial charge is 0.508 e. The summed E-state index contributed by atoms with van der Waals surface area (Å²) in [4.78, 5) is 38.7. The summed E-state index contributed by atoms with van der Waals surface area (Å²) in [6.45, 7) is 3.97. The molecule has 1 aromatic carbocycles. The molecule has 1 heterocycles. The molecule has 2 aromatic rings. The lowest BCUT2D eigenvalue weighted by molar-refractivity contribution is -0.388. The SMILES string of the molecule is CCC[C@@H](Cc1ccc(O)cc1)C[C@H](C)C(=O)NNC(=O)OCCSSc1ncccc1[N+](=O)[O-]. The molecule has 0 fully saturated rings. The first-order valence-corrected chi connectivity index (χ1v) is 13.5. The molecule has 0 aliphatic carbocycles. The molecular formula is C23H30N4O6S2. The molecule has 12 heteroatoms. The molecule has 35 heavy (non-hydrogen) atoms. The number of nitrogens with zero attached hydrogens (tertiary/aromatic N) is 2. The summed E-state index contributed by atoms with van der Waals surface area (Å²) in [5.74, 6) is 0.278. The van der Waals surface area contributed by atoms with Crippen molar-refractivity contribution in [1.29, 1.82) is 0 Å². The van der Waals surface area contributed by atoms with Crippen molar-refractivity contribution in [2.45, 2.75) is 44.6 Å². The molecule has 0 bridgehead atoms. The molecule has 10 nitrogen and oxygen atoms in total. The Kier molecular flexibility index (Phi) is 12.2. The minimum Gasteiger partial charge on any atom is -0.508 e. The number of phenolic OH excluding ortho intramolecular Hbond substituents is 1. The van der Waals surface area contributed by atoms with E-state index in [0.717, 1.165) is 35.6 Å². The van der Waals surface area contributed by atoms with Crippen LogP contribution >= 0.6 is 21.6 Å². The van der Waals surface area contributed by atoms with Crippen molar-refractivity contribution in [3.8, 4) is 5.75 Å². The van der Waals surface area contributed by atoms with Crippen LogP contribution in [0.5, 0.6) is 5.75 Å². The van der Waals surface area contributed by atoms with E-state index in [2.05, 4.69) is 22.8 Å². The Morgan fingerprint density at radius 3 is 2.66 bits per heavy atom. The number of carbonyl (C=O) groups is 2. The van der Waals surface area contributed by atoms with Gasteiger partial charge in [0, 0.05) is 23.9 Å². The molecule has 0 saturated carbocycles. The maximum absolute atomic E-state index is 12.4. The predicted octanol–water partition coefficient (Wildman–Crippen LogP) is 4.88. The van der Waals surface area contributed by atoms with Gasteiger partial charge in [-0.3, -0.25) is 20.3 Å². The minimum atomic E-state index is -0.783. The molecule has 0 radical (unpaired) electrons. The number of hydrogen-bond donors (Lipinski definition) is 3. The molecule has 0 aliphatic heterocycles. The summed E-state index contributed by atoms with van der Waals surface area (Å²) in [6, 6.07) is 9.95. The van der Waals surface area contributed by atoms with Crippen molar-refractivity contribution in [3.63, 3.8) is 0 Å². The van der Waals surface area contributed by atoms with Crippen molar-refractivity contribution in [3.05, 3.63) is 58.3 Å². The first kappa shape index (κ1) is 28.2. The van der Waals surface area contributed by atoms with E-state index in [1.165, 1.54) is 29.1 Å². The van der Waals surface area contributed by atoms with Gasteiger partial charge in [0.1, 0.15) is 12.4 Å². The highest BCUT2D eigenvalue weighted by Crippen LogP contribution is 2.35. The molecule has 2 amide bonds. The number of ether oxygens (including phenoxy) is 1. The van der Waals surface area contributed by atoms with E-state index in [-0.39, 0.29) is 34.9 Å². The fourth-order valence-corrected chi connectivity index (χ4v) is 5.26. The molecule has 0 unspecified atom stereocenters. The van der Waals surface area contributed by atoms with Gasteiger partial charge in [0.2, 0.25) is 5.91 Å². The van der Waals surface area contributed by atoms with Crippen LogP contribution in [0.15, 0.2) is 47.6 Å². The van der Waals surface area contributed by atoms with Gasteiger partial charge in [-0.05, 0) is 53.3 Å². The molecule has 0 saturated heterocycles. The number of benzene rings is 1. The van der Waals surface area contributed by atoms with Crippen LogP contribution in [0.3, 0.4) is 0 Å². The van der Waals surface area contributed by atoms with Crippen LogP contribution in [-0.2, 0) is 16.0 Å². The number of amides is 2. The zero-order chi connectivity index (χ0) is 25.6. The third-order valence-corrected chi connectivity index (χ3v) is 7.32. The monoisotopic (exact) mass is 522 g/mol. The van der Waals surface area contributed by atoms with Crippen LogP contribution in [0.25, 0.3) is 0 Å². The molecule has 0 spiro atoms. The second-order valence-electron chi connectivity index (χ2n) is 7.90. The first-order chi connectivity index (χ1) is 16.8. The molecular weight excluding hydrogens is 492 g/mol. The summed E-state index contributed by atoms with van der Waals surface area (Å²) in [5.41, 5.74) is 5.67. The molecule has 190 valence electrons. The van der Waals surface area contributed by atoms with E-state index in [1.807, 2.05) is 19.1 Å². The van der Waals surface area contributed by atoms with E-state index >= 15 is 0 Å². The Morgan fingerprint density at radius 2 is 1.97 bits per heavy atom. The molecule has 0 aliphatic rings. The van der Waals surface area contributed by atoms with Crippen molar-refractivity contribution in [1.82, 2.24) is 15.8 Å². The summed E-state index contributed by atoms with van der Waals surface area (Å²) in [6.07, 6.45) is 4.11. The lowest BCUT2D eigenvalue weighted by atomic mass is 9.87. The summed E-state index contributed by atoms with van der Waals surface area (Å²) in [5, 5.41) is 20.7. The van der Waals surface area contributed by atoms with E-state index in [4.69, 9.17) is 4.74 Å². The summed E-state index contributed by atoms with van der Waals surface area (Å²) in [7, 11) is 2.40. The number of aromatic nitrogens is 1. The standard InChI is InChI=1S/C23H30N4O6S2/c1-3-5-18(15-17-7-9-19(28)10-8-17)14-16(2)21(29)25-26-23(30)33-12-13-34-35-22-20(27(31)32)6-4-11-24-22/h4,6-11,16,18,28H,3,5,12-15H2,1-2H3,(H,25,29)(H,26,30)/t16-,18+/m0/s1. The van der Waals surface area contributed by atoms with Crippen molar-refractivity contribution < 1.29 is 24.4 Å². The Hall–Kier alpha value is -2.99. The summed E-state index contributed by atoms with van der Waals surface area (Å²) < 4.78 is 5.02. The number of carbonyl (C=O) groups excluding carboxylic acids is 2. The first-order valence-electron chi connectivity index (χ1n) is 11.2. The van der Waals surface area contributed by atoms with Crippen molar-refractivity contribution in [2.24, 2.45) is 11.8 Å². The number of aromatic hydroxyl groups is 1.